The van der Waals surface area contributed by atoms with Gasteiger partial charge in [-0.25, -0.2) is 10.8 Å². The molecule has 0 amide bonds. The molecule has 0 spiro atoms. The normalized spacial score (nSPS) is 11.3. The third-order valence-corrected chi connectivity index (χ3v) is 1.47. The summed E-state index contributed by atoms with van der Waals surface area (Å²) < 4.78 is 39.8. The summed E-state index contributed by atoms with van der Waals surface area (Å²) in [6, 6.07) is 0. The monoisotopic (exact) mass is 242 g/mol. The fourth-order valence-electron chi connectivity index (χ4n) is 0.672. The van der Waals surface area contributed by atoms with Crippen LogP contribution in [0.25, 0.3) is 0 Å². The van der Waals surface area contributed by atoms with Crippen molar-refractivity contribution >= 4 is 17.5 Å². The van der Waals surface area contributed by atoms with E-state index >= 15 is 0 Å². The number of nitrogen functional groups attached to an aromatic ring is 1. The van der Waals surface area contributed by atoms with Gasteiger partial charge in [0.15, 0.2) is 6.61 Å². The van der Waals surface area contributed by atoms with Crippen LogP contribution < -0.4 is 16.0 Å². The Morgan fingerprint density at radius 1 is 1.53 bits per heavy atom. The third kappa shape index (κ3) is 3.76. The number of halogens is 4. The van der Waals surface area contributed by atoms with Gasteiger partial charge in [0.05, 0.1) is 6.20 Å². The smallest absolute Gasteiger partial charge is 0.422 e. The highest BCUT2D eigenvalue weighted by molar-refractivity contribution is 6.31. The topological polar surface area (TPSA) is 73.1 Å². The van der Waals surface area contributed by atoms with Gasteiger partial charge in [0.1, 0.15) is 5.02 Å². The minimum atomic E-state index is -4.45. The summed E-state index contributed by atoms with van der Waals surface area (Å²) in [7, 11) is 0. The van der Waals surface area contributed by atoms with Crippen LogP contribution in [0.4, 0.5) is 19.1 Å². The summed E-state index contributed by atoms with van der Waals surface area (Å²) in [5.74, 6) is 4.49. The zero-order valence-electron chi connectivity index (χ0n) is 7.18. The van der Waals surface area contributed by atoms with Crippen molar-refractivity contribution in [2.45, 2.75) is 6.18 Å². The zero-order chi connectivity index (χ0) is 11.5. The van der Waals surface area contributed by atoms with Gasteiger partial charge in [-0.2, -0.15) is 18.2 Å². The zero-order valence-corrected chi connectivity index (χ0v) is 7.93. The van der Waals surface area contributed by atoms with Crippen molar-refractivity contribution in [3.63, 3.8) is 0 Å². The summed E-state index contributed by atoms with van der Waals surface area (Å²) in [5, 5.41) is -0.127. The first kappa shape index (κ1) is 11.8. The van der Waals surface area contributed by atoms with E-state index in [1.165, 1.54) is 0 Å². The molecule has 0 saturated carbocycles. The minimum absolute atomic E-state index is 0.0865. The highest BCUT2D eigenvalue weighted by Gasteiger charge is 2.29. The molecule has 1 rings (SSSR count). The molecule has 0 aromatic carbocycles. The number of alkyl halides is 3. The van der Waals surface area contributed by atoms with Gasteiger partial charge in [-0.15, -0.1) is 0 Å². The fourth-order valence-corrected chi connectivity index (χ4v) is 0.818. The van der Waals surface area contributed by atoms with E-state index in [0.29, 0.717) is 0 Å². The van der Waals surface area contributed by atoms with Crippen molar-refractivity contribution in [2.75, 3.05) is 12.0 Å². The van der Waals surface area contributed by atoms with Crippen LogP contribution in [0.1, 0.15) is 0 Å². The average molecular weight is 243 g/mol. The minimum Gasteiger partial charge on any atom is -0.467 e. The second-order valence-corrected chi connectivity index (χ2v) is 2.80. The summed E-state index contributed by atoms with van der Waals surface area (Å²) in [6.07, 6.45) is -3.37. The van der Waals surface area contributed by atoms with Gasteiger partial charge < -0.3 is 4.74 Å². The number of hydrazine groups is 1. The predicted molar refractivity (Wildman–Crippen MR) is 46.4 cm³/mol. The second kappa shape index (κ2) is 4.49. The molecule has 0 atom stereocenters. The molecule has 1 heterocycles. The molecular formula is C6H6ClF3N4O. The molecule has 0 fully saturated rings. The average Bonchev–Trinajstić information content (AvgIpc) is 2.15. The largest absolute Gasteiger partial charge is 0.467 e. The number of ether oxygens (including phenoxy) is 1. The molecule has 0 unspecified atom stereocenters. The molecule has 0 aliphatic rings. The van der Waals surface area contributed by atoms with Crippen molar-refractivity contribution in [1.29, 1.82) is 0 Å². The Kier molecular flexibility index (Phi) is 3.53. The number of hydrogen-bond acceptors (Lipinski definition) is 5. The van der Waals surface area contributed by atoms with Crippen LogP contribution in [0.15, 0.2) is 6.20 Å². The van der Waals surface area contributed by atoms with Gasteiger partial charge in [0.2, 0.25) is 11.8 Å². The van der Waals surface area contributed by atoms with Gasteiger partial charge in [-0.05, 0) is 0 Å². The van der Waals surface area contributed by atoms with E-state index in [4.69, 9.17) is 17.4 Å². The predicted octanol–water partition coefficient (Wildman–Crippen LogP) is 1.36. The second-order valence-electron chi connectivity index (χ2n) is 2.39. The quantitative estimate of drug-likeness (QED) is 0.618. The standard InChI is InChI=1S/C6H6ClF3N4O/c7-3-1-12-5(14-11)13-4(3)15-2-6(8,9)10/h1H,2,11H2,(H,12,13,14). The number of nitrogens with two attached hydrogens (primary N) is 1. The van der Waals surface area contributed by atoms with Gasteiger partial charge in [0, 0.05) is 0 Å². The Morgan fingerprint density at radius 3 is 2.73 bits per heavy atom. The van der Waals surface area contributed by atoms with Crippen molar-refractivity contribution < 1.29 is 17.9 Å². The van der Waals surface area contributed by atoms with Crippen LogP contribution in [-0.4, -0.2) is 22.8 Å². The summed E-state index contributed by atoms with van der Waals surface area (Å²) in [4.78, 5) is 7.05. The van der Waals surface area contributed by atoms with Crippen LogP contribution in [0, 0.1) is 0 Å². The van der Waals surface area contributed by atoms with Crippen LogP contribution in [0.5, 0.6) is 5.88 Å². The van der Waals surface area contributed by atoms with Gasteiger partial charge in [0.25, 0.3) is 0 Å². The SMILES string of the molecule is NNc1ncc(Cl)c(OCC(F)(F)F)n1. The van der Waals surface area contributed by atoms with E-state index in [-0.39, 0.29) is 16.9 Å². The van der Waals surface area contributed by atoms with Crippen LogP contribution >= 0.6 is 11.6 Å². The molecule has 3 N–H and O–H groups in total. The summed E-state index contributed by atoms with van der Waals surface area (Å²) in [6.45, 7) is -1.48. The summed E-state index contributed by atoms with van der Waals surface area (Å²) in [5.41, 5.74) is 2.05. The third-order valence-electron chi connectivity index (χ3n) is 1.21. The number of nitrogens with zero attached hydrogens (tertiary/aromatic N) is 2. The van der Waals surface area contributed by atoms with Gasteiger partial charge in [-0.3, -0.25) is 5.43 Å². The number of aromatic nitrogens is 2. The Hall–Kier alpha value is -1.28. The lowest BCUT2D eigenvalue weighted by molar-refractivity contribution is -0.154. The molecular weight excluding hydrogens is 237 g/mol. The van der Waals surface area contributed by atoms with E-state index in [1.54, 1.807) is 0 Å². The Labute approximate surface area is 87.4 Å². The van der Waals surface area contributed by atoms with E-state index in [2.05, 4.69) is 14.7 Å². The van der Waals surface area contributed by atoms with Crippen molar-refractivity contribution in [2.24, 2.45) is 5.84 Å². The summed E-state index contributed by atoms with van der Waals surface area (Å²) >= 11 is 5.50. The first-order valence-electron chi connectivity index (χ1n) is 3.61. The van der Waals surface area contributed by atoms with E-state index in [9.17, 15) is 13.2 Å². The molecule has 1 aromatic heterocycles. The Morgan fingerprint density at radius 2 is 2.20 bits per heavy atom. The van der Waals surface area contributed by atoms with E-state index in [1.807, 2.05) is 5.43 Å². The molecule has 84 valence electrons. The van der Waals surface area contributed by atoms with Crippen molar-refractivity contribution in [3.8, 4) is 5.88 Å². The lowest BCUT2D eigenvalue weighted by Gasteiger charge is -2.09. The lowest BCUT2D eigenvalue weighted by Crippen LogP contribution is -2.20. The molecule has 1 aromatic rings. The molecule has 0 saturated heterocycles. The van der Waals surface area contributed by atoms with Crippen LogP contribution in [0.2, 0.25) is 5.02 Å². The first-order chi connectivity index (χ1) is 6.92. The Bertz CT molecular complexity index is 346. The van der Waals surface area contributed by atoms with Crippen molar-refractivity contribution in [1.82, 2.24) is 9.97 Å². The number of anilines is 1. The maximum Gasteiger partial charge on any atom is 0.422 e. The van der Waals surface area contributed by atoms with Crippen LogP contribution in [0.3, 0.4) is 0 Å². The van der Waals surface area contributed by atoms with E-state index in [0.717, 1.165) is 6.20 Å². The molecule has 0 aliphatic heterocycles. The molecule has 9 heteroatoms. The Balaban J connectivity index is 2.75. The van der Waals surface area contributed by atoms with Crippen molar-refractivity contribution in [3.05, 3.63) is 11.2 Å². The maximum atomic E-state index is 11.8. The van der Waals surface area contributed by atoms with Crippen LogP contribution in [-0.2, 0) is 0 Å². The highest BCUT2D eigenvalue weighted by atomic mass is 35.5. The van der Waals surface area contributed by atoms with Gasteiger partial charge >= 0.3 is 6.18 Å². The van der Waals surface area contributed by atoms with Gasteiger partial charge in [-0.1, -0.05) is 11.6 Å². The molecule has 15 heavy (non-hydrogen) atoms. The molecule has 0 radical (unpaired) electrons. The molecule has 0 bridgehead atoms. The number of hydrogen-bond donors (Lipinski definition) is 2. The molecule has 0 aliphatic carbocycles. The fraction of sp³-hybridized carbons (Fsp3) is 0.333. The number of nitrogens with one attached hydrogen (secondary N) is 1. The molecule has 5 nitrogen and oxygen atoms in total. The highest BCUT2D eigenvalue weighted by Crippen LogP contribution is 2.24. The lowest BCUT2D eigenvalue weighted by atomic mass is 10.6. The first-order valence-corrected chi connectivity index (χ1v) is 3.99. The van der Waals surface area contributed by atoms with E-state index < -0.39 is 12.8 Å². The number of rotatable bonds is 3. The maximum absolute atomic E-state index is 11.8.